The number of benzene rings is 1. The number of carbonyl (C=O) groups is 1. The van der Waals surface area contributed by atoms with Crippen molar-refractivity contribution in [1.29, 1.82) is 0 Å². The molecular weight excluding hydrogens is 317 g/mol. The van der Waals surface area contributed by atoms with Gasteiger partial charge in [0.05, 0.1) is 23.6 Å². The van der Waals surface area contributed by atoms with Gasteiger partial charge in [-0.15, -0.1) is 0 Å². The van der Waals surface area contributed by atoms with E-state index in [1.807, 2.05) is 16.8 Å². The summed E-state index contributed by atoms with van der Waals surface area (Å²) in [5, 5.41) is 23.0. The summed E-state index contributed by atoms with van der Waals surface area (Å²) in [6, 6.07) is 7.58. The third-order valence-corrected chi connectivity index (χ3v) is 4.10. The number of amides is 1. The predicted molar refractivity (Wildman–Crippen MR) is 85.6 cm³/mol. The van der Waals surface area contributed by atoms with Gasteiger partial charge in [0.15, 0.2) is 0 Å². The second-order valence-corrected chi connectivity index (χ2v) is 5.73. The van der Waals surface area contributed by atoms with Gasteiger partial charge in [0.1, 0.15) is 5.82 Å². The summed E-state index contributed by atoms with van der Waals surface area (Å²) in [4.78, 5) is 12.3. The number of thiophene rings is 1. The van der Waals surface area contributed by atoms with E-state index in [0.717, 1.165) is 5.56 Å². The number of aromatic nitrogens is 2. The number of nitrogens with zero attached hydrogens (tertiary/aromatic N) is 1. The molecule has 7 heteroatoms. The molecule has 0 aliphatic rings. The van der Waals surface area contributed by atoms with Gasteiger partial charge in [0, 0.05) is 12.1 Å². The predicted octanol–water partition coefficient (Wildman–Crippen LogP) is 2.74. The van der Waals surface area contributed by atoms with Crippen molar-refractivity contribution in [2.24, 2.45) is 0 Å². The SMILES string of the molecule is O=C(NCC(O)c1ccsc1)c1cn[nH]c1-c1ccc(F)cc1. The molecule has 0 radical (unpaired) electrons. The van der Waals surface area contributed by atoms with Crippen LogP contribution in [-0.2, 0) is 0 Å². The summed E-state index contributed by atoms with van der Waals surface area (Å²) >= 11 is 1.48. The first-order valence-corrected chi connectivity index (χ1v) is 7.87. The molecule has 0 spiro atoms. The maximum Gasteiger partial charge on any atom is 0.255 e. The van der Waals surface area contributed by atoms with E-state index in [4.69, 9.17) is 0 Å². The van der Waals surface area contributed by atoms with Crippen LogP contribution in [0.3, 0.4) is 0 Å². The van der Waals surface area contributed by atoms with Gasteiger partial charge in [-0.05, 0) is 46.7 Å². The Hall–Kier alpha value is -2.51. The highest BCUT2D eigenvalue weighted by Crippen LogP contribution is 2.21. The first-order chi connectivity index (χ1) is 11.1. The van der Waals surface area contributed by atoms with Crippen molar-refractivity contribution < 1.29 is 14.3 Å². The Morgan fingerprint density at radius 2 is 2.13 bits per heavy atom. The topological polar surface area (TPSA) is 78.0 Å². The standard InChI is InChI=1S/C16H14FN3O2S/c17-12-3-1-10(2-4-12)15-13(7-19-20-15)16(22)18-8-14(21)11-5-6-23-9-11/h1-7,9,14,21H,8H2,(H,18,22)(H,19,20). The summed E-state index contributed by atoms with van der Waals surface area (Å²) in [5.74, 6) is -0.703. The number of carbonyl (C=O) groups excluding carboxylic acids is 1. The zero-order chi connectivity index (χ0) is 16.2. The Bertz CT molecular complexity index is 784. The lowest BCUT2D eigenvalue weighted by Gasteiger charge is -2.10. The molecule has 1 unspecified atom stereocenters. The van der Waals surface area contributed by atoms with Gasteiger partial charge in [-0.1, -0.05) is 0 Å². The fraction of sp³-hybridized carbons (Fsp3) is 0.125. The molecule has 0 bridgehead atoms. The zero-order valence-electron chi connectivity index (χ0n) is 12.0. The monoisotopic (exact) mass is 331 g/mol. The van der Waals surface area contributed by atoms with E-state index in [-0.39, 0.29) is 18.3 Å². The smallest absolute Gasteiger partial charge is 0.255 e. The number of rotatable bonds is 5. The average Bonchev–Trinajstić information content (AvgIpc) is 3.24. The first-order valence-electron chi connectivity index (χ1n) is 6.93. The molecule has 0 fully saturated rings. The van der Waals surface area contributed by atoms with E-state index in [9.17, 15) is 14.3 Å². The van der Waals surface area contributed by atoms with Crippen molar-refractivity contribution in [1.82, 2.24) is 15.5 Å². The van der Waals surface area contributed by atoms with Crippen molar-refractivity contribution in [3.63, 3.8) is 0 Å². The molecule has 3 N–H and O–H groups in total. The van der Waals surface area contributed by atoms with Crippen LogP contribution in [-0.4, -0.2) is 27.8 Å². The molecule has 2 aromatic heterocycles. The van der Waals surface area contributed by atoms with Crippen LogP contribution >= 0.6 is 11.3 Å². The second-order valence-electron chi connectivity index (χ2n) is 4.95. The molecule has 0 saturated heterocycles. The first kappa shape index (κ1) is 15.4. The number of aliphatic hydroxyl groups is 1. The molecule has 0 aliphatic carbocycles. The molecular formula is C16H14FN3O2S. The summed E-state index contributed by atoms with van der Waals surface area (Å²) in [7, 11) is 0. The van der Waals surface area contributed by atoms with Crippen LogP contribution in [0.5, 0.6) is 0 Å². The zero-order valence-corrected chi connectivity index (χ0v) is 12.8. The van der Waals surface area contributed by atoms with Gasteiger partial charge >= 0.3 is 0 Å². The van der Waals surface area contributed by atoms with Crippen LogP contribution in [0, 0.1) is 5.82 Å². The molecule has 0 saturated carbocycles. The van der Waals surface area contributed by atoms with Crippen molar-refractivity contribution in [2.45, 2.75) is 6.10 Å². The van der Waals surface area contributed by atoms with Gasteiger partial charge in [0.2, 0.25) is 0 Å². The average molecular weight is 331 g/mol. The number of hydrogen-bond acceptors (Lipinski definition) is 4. The summed E-state index contributed by atoms with van der Waals surface area (Å²) in [6.45, 7) is 0.101. The minimum Gasteiger partial charge on any atom is -0.387 e. The number of H-pyrrole nitrogens is 1. The molecule has 1 atom stereocenters. The van der Waals surface area contributed by atoms with Gasteiger partial charge in [-0.25, -0.2) is 4.39 Å². The number of aromatic amines is 1. The summed E-state index contributed by atoms with van der Waals surface area (Å²) in [6.07, 6.45) is 0.650. The van der Waals surface area contributed by atoms with E-state index in [1.54, 1.807) is 12.1 Å². The highest BCUT2D eigenvalue weighted by Gasteiger charge is 2.17. The lowest BCUT2D eigenvalue weighted by atomic mass is 10.1. The molecule has 2 heterocycles. The van der Waals surface area contributed by atoms with Crippen molar-refractivity contribution in [2.75, 3.05) is 6.54 Å². The molecule has 1 amide bonds. The van der Waals surface area contributed by atoms with Crippen LogP contribution in [0.15, 0.2) is 47.3 Å². The van der Waals surface area contributed by atoms with Crippen molar-refractivity contribution >= 4 is 17.2 Å². The van der Waals surface area contributed by atoms with Crippen molar-refractivity contribution in [3.8, 4) is 11.3 Å². The molecule has 5 nitrogen and oxygen atoms in total. The van der Waals surface area contributed by atoms with Gasteiger partial charge in [-0.2, -0.15) is 16.4 Å². The molecule has 1 aromatic carbocycles. The quantitative estimate of drug-likeness (QED) is 0.673. The number of nitrogens with one attached hydrogen (secondary N) is 2. The minimum absolute atomic E-state index is 0.101. The van der Waals surface area contributed by atoms with Gasteiger partial charge < -0.3 is 10.4 Å². The summed E-state index contributed by atoms with van der Waals surface area (Å²) < 4.78 is 13.0. The normalized spacial score (nSPS) is 12.1. The largest absolute Gasteiger partial charge is 0.387 e. The van der Waals surface area contributed by atoms with Crippen LogP contribution in [0.2, 0.25) is 0 Å². The van der Waals surface area contributed by atoms with Gasteiger partial charge in [0.25, 0.3) is 5.91 Å². The van der Waals surface area contributed by atoms with E-state index < -0.39 is 6.10 Å². The maximum atomic E-state index is 13.0. The Balaban J connectivity index is 1.71. The highest BCUT2D eigenvalue weighted by molar-refractivity contribution is 7.07. The molecule has 0 aliphatic heterocycles. The van der Waals surface area contributed by atoms with Crippen LogP contribution in [0.1, 0.15) is 22.0 Å². The number of hydrogen-bond donors (Lipinski definition) is 3. The number of halogens is 1. The van der Waals surface area contributed by atoms with E-state index in [1.165, 1.54) is 29.7 Å². The summed E-state index contributed by atoms with van der Waals surface area (Å²) in [5.41, 5.74) is 2.27. The Labute approximate surface area is 135 Å². The molecule has 118 valence electrons. The molecule has 3 aromatic rings. The lowest BCUT2D eigenvalue weighted by Crippen LogP contribution is -2.28. The van der Waals surface area contributed by atoms with Crippen molar-refractivity contribution in [3.05, 3.63) is 64.2 Å². The van der Waals surface area contributed by atoms with E-state index in [2.05, 4.69) is 15.5 Å². The Morgan fingerprint density at radius 1 is 1.35 bits per heavy atom. The Morgan fingerprint density at radius 3 is 2.83 bits per heavy atom. The lowest BCUT2D eigenvalue weighted by molar-refractivity contribution is 0.0917. The minimum atomic E-state index is -0.758. The second kappa shape index (κ2) is 6.72. The van der Waals surface area contributed by atoms with Crippen LogP contribution in [0.4, 0.5) is 4.39 Å². The third-order valence-electron chi connectivity index (χ3n) is 3.40. The Kier molecular flexibility index (Phi) is 4.50. The fourth-order valence-corrected chi connectivity index (χ4v) is 2.87. The highest BCUT2D eigenvalue weighted by atomic mass is 32.1. The maximum absolute atomic E-state index is 13.0. The van der Waals surface area contributed by atoms with E-state index in [0.29, 0.717) is 16.8 Å². The van der Waals surface area contributed by atoms with E-state index >= 15 is 0 Å². The van der Waals surface area contributed by atoms with Crippen LogP contribution in [0.25, 0.3) is 11.3 Å². The fourth-order valence-electron chi connectivity index (χ4n) is 2.16. The van der Waals surface area contributed by atoms with Crippen LogP contribution < -0.4 is 5.32 Å². The third kappa shape index (κ3) is 3.46. The number of aliphatic hydroxyl groups excluding tert-OH is 1. The molecule has 23 heavy (non-hydrogen) atoms. The van der Waals surface area contributed by atoms with Gasteiger partial charge in [-0.3, -0.25) is 9.89 Å². The molecule has 3 rings (SSSR count).